The lowest BCUT2D eigenvalue weighted by Gasteiger charge is -2.00. The smallest absolute Gasteiger partial charge is 0.381 e. The van der Waals surface area contributed by atoms with Gasteiger partial charge in [-0.25, -0.2) is 0 Å². The number of hydrogen-bond donors (Lipinski definition) is 0. The number of Topliss-reactive ketones (excluding diaryl/α,β-unsaturated/α-hetero) is 1. The van der Waals surface area contributed by atoms with Gasteiger partial charge in [0.2, 0.25) is 11.7 Å². The first-order chi connectivity index (χ1) is 7.93. The van der Waals surface area contributed by atoms with Crippen LogP contribution in [0.25, 0.3) is 0 Å². The largest absolute Gasteiger partial charge is 0.450 e. The topological polar surface area (TPSA) is 65.2 Å². The number of aromatic nitrogens is 2. The van der Waals surface area contributed by atoms with Crippen LogP contribution in [0.3, 0.4) is 0 Å². The van der Waals surface area contributed by atoms with Crippen LogP contribution in [-0.4, -0.2) is 35.3 Å². The summed E-state index contributed by atoms with van der Waals surface area (Å²) in [5.41, 5.74) is 0. The number of alkyl halides is 3. The van der Waals surface area contributed by atoms with Crippen LogP contribution in [-0.2, 0) is 22.4 Å². The van der Waals surface area contributed by atoms with Crippen molar-refractivity contribution < 1.29 is 27.2 Å². The molecule has 5 nitrogen and oxygen atoms in total. The molecule has 0 aliphatic rings. The average molecular weight is 252 g/mol. The summed E-state index contributed by atoms with van der Waals surface area (Å²) >= 11 is 0. The molecule has 1 aromatic heterocycles. The normalized spacial score (nSPS) is 11.8. The van der Waals surface area contributed by atoms with Crippen molar-refractivity contribution in [2.75, 3.05) is 13.2 Å². The van der Waals surface area contributed by atoms with E-state index in [0.29, 0.717) is 19.6 Å². The first kappa shape index (κ1) is 13.6. The number of ether oxygens (including phenoxy) is 1. The maximum atomic E-state index is 11.9. The van der Waals surface area contributed by atoms with E-state index < -0.39 is 18.4 Å². The third kappa shape index (κ3) is 4.51. The SMILES string of the molecule is CCOCCc1noc(CC(=O)C(F)(F)F)n1. The van der Waals surface area contributed by atoms with Crippen LogP contribution in [0.2, 0.25) is 0 Å². The molecule has 0 N–H and O–H groups in total. The Morgan fingerprint density at radius 2 is 2.18 bits per heavy atom. The fourth-order valence-electron chi connectivity index (χ4n) is 1.01. The van der Waals surface area contributed by atoms with Gasteiger partial charge in [0.1, 0.15) is 0 Å². The summed E-state index contributed by atoms with van der Waals surface area (Å²) < 4.78 is 45.3. The Labute approximate surface area is 94.9 Å². The van der Waals surface area contributed by atoms with Crippen molar-refractivity contribution in [1.82, 2.24) is 10.1 Å². The molecule has 0 saturated carbocycles. The standard InChI is InChI=1S/C9H11F3N2O3/c1-2-16-4-3-7-13-8(17-14-7)5-6(15)9(10,11)12/h2-5H2,1H3. The van der Waals surface area contributed by atoms with Gasteiger partial charge in [0.15, 0.2) is 5.82 Å². The predicted molar refractivity (Wildman–Crippen MR) is 49.3 cm³/mol. The van der Waals surface area contributed by atoms with Crippen molar-refractivity contribution in [3.05, 3.63) is 11.7 Å². The fourth-order valence-corrected chi connectivity index (χ4v) is 1.01. The Balaban J connectivity index is 2.48. The number of hydrogen-bond acceptors (Lipinski definition) is 5. The van der Waals surface area contributed by atoms with Crippen molar-refractivity contribution in [2.24, 2.45) is 0 Å². The zero-order valence-corrected chi connectivity index (χ0v) is 9.08. The van der Waals surface area contributed by atoms with Gasteiger partial charge in [-0.05, 0) is 6.92 Å². The Bertz CT molecular complexity index is 376. The number of halogens is 3. The molecule has 1 heterocycles. The molecule has 0 spiro atoms. The van der Waals surface area contributed by atoms with Gasteiger partial charge in [-0.3, -0.25) is 4.79 Å². The maximum absolute atomic E-state index is 11.9. The zero-order valence-electron chi connectivity index (χ0n) is 9.08. The van der Waals surface area contributed by atoms with Crippen molar-refractivity contribution in [3.63, 3.8) is 0 Å². The van der Waals surface area contributed by atoms with Crippen LogP contribution in [0, 0.1) is 0 Å². The van der Waals surface area contributed by atoms with Crippen LogP contribution in [0.1, 0.15) is 18.6 Å². The molecule has 0 saturated heterocycles. The van der Waals surface area contributed by atoms with Crippen LogP contribution >= 0.6 is 0 Å². The van der Waals surface area contributed by atoms with E-state index in [-0.39, 0.29) is 11.7 Å². The average Bonchev–Trinajstić information content (AvgIpc) is 2.65. The summed E-state index contributed by atoms with van der Waals surface area (Å²) in [5.74, 6) is -2.01. The molecule has 8 heteroatoms. The molecule has 96 valence electrons. The van der Waals surface area contributed by atoms with Crippen molar-refractivity contribution in [3.8, 4) is 0 Å². The van der Waals surface area contributed by atoms with Gasteiger partial charge in [-0.1, -0.05) is 5.16 Å². The molecule has 0 aliphatic heterocycles. The second-order valence-corrected chi connectivity index (χ2v) is 3.15. The summed E-state index contributed by atoms with van der Waals surface area (Å²) in [6, 6.07) is 0. The van der Waals surface area contributed by atoms with E-state index in [4.69, 9.17) is 4.74 Å². The molecule has 0 radical (unpaired) electrons. The number of carbonyl (C=O) groups is 1. The van der Waals surface area contributed by atoms with E-state index in [1.807, 2.05) is 6.92 Å². The highest BCUT2D eigenvalue weighted by Gasteiger charge is 2.39. The Hall–Kier alpha value is -1.44. The second-order valence-electron chi connectivity index (χ2n) is 3.15. The van der Waals surface area contributed by atoms with E-state index in [9.17, 15) is 18.0 Å². The zero-order chi connectivity index (χ0) is 12.9. The molecular formula is C9H11F3N2O3. The molecule has 0 atom stereocenters. The lowest BCUT2D eigenvalue weighted by molar-refractivity contribution is -0.170. The third-order valence-electron chi connectivity index (χ3n) is 1.81. The van der Waals surface area contributed by atoms with Crippen LogP contribution in [0.15, 0.2) is 4.52 Å². The predicted octanol–water partition coefficient (Wildman–Crippen LogP) is 1.32. The molecule has 1 rings (SSSR count). The van der Waals surface area contributed by atoms with Gasteiger partial charge >= 0.3 is 6.18 Å². The summed E-state index contributed by atoms with van der Waals surface area (Å²) in [4.78, 5) is 14.3. The minimum Gasteiger partial charge on any atom is -0.381 e. The second kappa shape index (κ2) is 5.76. The highest BCUT2D eigenvalue weighted by Crippen LogP contribution is 2.18. The Morgan fingerprint density at radius 1 is 1.47 bits per heavy atom. The fraction of sp³-hybridized carbons (Fsp3) is 0.667. The molecule has 0 fully saturated rings. The minimum atomic E-state index is -4.88. The summed E-state index contributed by atoms with van der Waals surface area (Å²) in [5, 5.41) is 3.44. The molecule has 0 bridgehead atoms. The number of carbonyl (C=O) groups excluding carboxylic acids is 1. The van der Waals surface area contributed by atoms with Crippen LogP contribution < -0.4 is 0 Å². The number of ketones is 1. The molecule has 0 aliphatic carbocycles. The van der Waals surface area contributed by atoms with Gasteiger partial charge in [0.25, 0.3) is 0 Å². The highest BCUT2D eigenvalue weighted by atomic mass is 19.4. The van der Waals surface area contributed by atoms with Crippen LogP contribution in [0.5, 0.6) is 0 Å². The van der Waals surface area contributed by atoms with Gasteiger partial charge in [-0.15, -0.1) is 0 Å². The first-order valence-electron chi connectivity index (χ1n) is 4.92. The molecule has 0 amide bonds. The third-order valence-corrected chi connectivity index (χ3v) is 1.81. The summed E-state index contributed by atoms with van der Waals surface area (Å²) in [7, 11) is 0. The van der Waals surface area contributed by atoms with E-state index in [1.165, 1.54) is 0 Å². The molecule has 0 aromatic carbocycles. The molecular weight excluding hydrogens is 241 g/mol. The van der Waals surface area contributed by atoms with Gasteiger partial charge < -0.3 is 9.26 Å². The first-order valence-corrected chi connectivity index (χ1v) is 4.92. The van der Waals surface area contributed by atoms with Gasteiger partial charge in [-0.2, -0.15) is 18.2 Å². The van der Waals surface area contributed by atoms with E-state index in [1.54, 1.807) is 0 Å². The van der Waals surface area contributed by atoms with Gasteiger partial charge in [0.05, 0.1) is 13.0 Å². The lowest BCUT2D eigenvalue weighted by Crippen LogP contribution is -2.24. The Kier molecular flexibility index (Phi) is 4.62. The quantitative estimate of drug-likeness (QED) is 0.714. The van der Waals surface area contributed by atoms with Crippen molar-refractivity contribution >= 4 is 5.78 Å². The van der Waals surface area contributed by atoms with E-state index in [2.05, 4.69) is 14.7 Å². The minimum absolute atomic E-state index is 0.225. The molecule has 0 unspecified atom stereocenters. The highest BCUT2D eigenvalue weighted by molar-refractivity contribution is 5.85. The monoisotopic (exact) mass is 252 g/mol. The number of nitrogens with zero attached hydrogens (tertiary/aromatic N) is 2. The Morgan fingerprint density at radius 3 is 2.76 bits per heavy atom. The summed E-state index contributed by atoms with van der Waals surface area (Å²) in [6.45, 7) is 2.68. The van der Waals surface area contributed by atoms with Crippen molar-refractivity contribution in [1.29, 1.82) is 0 Å². The van der Waals surface area contributed by atoms with E-state index in [0.717, 1.165) is 0 Å². The van der Waals surface area contributed by atoms with Crippen molar-refractivity contribution in [2.45, 2.75) is 25.9 Å². The maximum Gasteiger partial charge on any atom is 0.450 e. The van der Waals surface area contributed by atoms with E-state index >= 15 is 0 Å². The number of rotatable bonds is 6. The molecule has 1 aromatic rings. The van der Waals surface area contributed by atoms with Gasteiger partial charge in [0, 0.05) is 13.0 Å². The van der Waals surface area contributed by atoms with Crippen LogP contribution in [0.4, 0.5) is 13.2 Å². The lowest BCUT2D eigenvalue weighted by atomic mass is 10.3. The molecule has 17 heavy (non-hydrogen) atoms. The summed E-state index contributed by atoms with van der Waals surface area (Å²) in [6.07, 6.45) is -5.47.